The lowest BCUT2D eigenvalue weighted by Gasteiger charge is -2.30. The molecule has 4 aromatic rings. The number of benzene rings is 1. The summed E-state index contributed by atoms with van der Waals surface area (Å²) in [4.78, 5) is 22.1. The number of nitrogens with zero attached hydrogens (tertiary/aromatic N) is 5. The van der Waals surface area contributed by atoms with Crippen LogP contribution < -0.4 is 21.5 Å². The summed E-state index contributed by atoms with van der Waals surface area (Å²) in [5.74, 6) is 0.766. The SMILES string of the molecule is COc1ccc(Cn2c(=O)n3ncnc3c3cc(NC4CCCCC4N)cnc32)cc1. The van der Waals surface area contributed by atoms with Crippen LogP contribution in [0.25, 0.3) is 16.7 Å². The van der Waals surface area contributed by atoms with Gasteiger partial charge in [-0.2, -0.15) is 9.61 Å². The Labute approximate surface area is 178 Å². The van der Waals surface area contributed by atoms with E-state index in [0.717, 1.165) is 35.2 Å². The summed E-state index contributed by atoms with van der Waals surface area (Å²) >= 11 is 0. The molecule has 2 unspecified atom stereocenters. The molecule has 1 fully saturated rings. The van der Waals surface area contributed by atoms with Crippen LogP contribution in [-0.4, -0.2) is 43.3 Å². The highest BCUT2D eigenvalue weighted by atomic mass is 16.5. The molecule has 9 heteroatoms. The molecule has 31 heavy (non-hydrogen) atoms. The number of nitrogens with two attached hydrogens (primary N) is 1. The second kappa shape index (κ2) is 7.99. The van der Waals surface area contributed by atoms with Crippen LogP contribution in [0, 0.1) is 0 Å². The van der Waals surface area contributed by atoms with Gasteiger partial charge in [0.25, 0.3) is 0 Å². The molecule has 1 aliphatic carbocycles. The van der Waals surface area contributed by atoms with Crippen LogP contribution in [0.15, 0.2) is 47.7 Å². The van der Waals surface area contributed by atoms with Crippen LogP contribution >= 0.6 is 0 Å². The van der Waals surface area contributed by atoms with Crippen LogP contribution in [0.2, 0.25) is 0 Å². The Balaban J connectivity index is 1.58. The first kappa shape index (κ1) is 19.5. The van der Waals surface area contributed by atoms with E-state index in [1.165, 1.54) is 23.7 Å². The molecule has 2 atom stereocenters. The van der Waals surface area contributed by atoms with Crippen LogP contribution in [0.1, 0.15) is 31.2 Å². The zero-order valence-electron chi connectivity index (χ0n) is 17.4. The third-order valence-corrected chi connectivity index (χ3v) is 5.99. The highest BCUT2D eigenvalue weighted by Gasteiger charge is 2.22. The Morgan fingerprint density at radius 2 is 1.97 bits per heavy atom. The fraction of sp³-hybridized carbons (Fsp3) is 0.364. The van der Waals surface area contributed by atoms with Crippen molar-refractivity contribution in [3.8, 4) is 5.75 Å². The summed E-state index contributed by atoms with van der Waals surface area (Å²) in [7, 11) is 1.63. The van der Waals surface area contributed by atoms with Crippen molar-refractivity contribution in [1.29, 1.82) is 0 Å². The highest BCUT2D eigenvalue weighted by Crippen LogP contribution is 2.24. The smallest absolute Gasteiger partial charge is 0.352 e. The zero-order valence-corrected chi connectivity index (χ0v) is 17.4. The molecule has 0 spiro atoms. The number of fused-ring (bicyclic) bond motifs is 3. The first-order chi connectivity index (χ1) is 15.1. The number of pyridine rings is 1. The van der Waals surface area contributed by atoms with E-state index in [0.29, 0.717) is 17.8 Å². The van der Waals surface area contributed by atoms with E-state index in [9.17, 15) is 4.79 Å². The molecule has 0 aliphatic heterocycles. The molecule has 0 amide bonds. The van der Waals surface area contributed by atoms with Gasteiger partial charge in [-0.15, -0.1) is 0 Å². The number of aromatic nitrogens is 5. The third kappa shape index (κ3) is 3.61. The minimum absolute atomic E-state index is 0.126. The summed E-state index contributed by atoms with van der Waals surface area (Å²) in [6.45, 7) is 0.363. The third-order valence-electron chi connectivity index (χ3n) is 5.99. The topological polar surface area (TPSA) is 112 Å². The Bertz CT molecular complexity index is 1280. The molecule has 1 aliphatic rings. The van der Waals surface area contributed by atoms with Crippen LogP contribution in [-0.2, 0) is 6.54 Å². The van der Waals surface area contributed by atoms with Crippen molar-refractivity contribution in [3.05, 3.63) is 58.9 Å². The predicted molar refractivity (Wildman–Crippen MR) is 118 cm³/mol. The molecule has 3 heterocycles. The van der Waals surface area contributed by atoms with Gasteiger partial charge in [0.2, 0.25) is 0 Å². The summed E-state index contributed by atoms with van der Waals surface area (Å²) in [6, 6.07) is 9.94. The molecule has 1 aromatic carbocycles. The van der Waals surface area contributed by atoms with E-state index in [1.807, 2.05) is 30.3 Å². The lowest BCUT2D eigenvalue weighted by atomic mass is 9.91. The molecule has 160 valence electrons. The van der Waals surface area contributed by atoms with Crippen LogP contribution in [0.4, 0.5) is 5.69 Å². The van der Waals surface area contributed by atoms with Gasteiger partial charge < -0.3 is 15.8 Å². The highest BCUT2D eigenvalue weighted by molar-refractivity contribution is 5.91. The number of ether oxygens (including phenoxy) is 1. The summed E-state index contributed by atoms with van der Waals surface area (Å²) in [6.07, 6.45) is 7.56. The molecule has 3 aromatic heterocycles. The summed E-state index contributed by atoms with van der Waals surface area (Å²) in [5.41, 5.74) is 8.91. The van der Waals surface area contributed by atoms with Gasteiger partial charge >= 0.3 is 5.69 Å². The molecule has 3 N–H and O–H groups in total. The van der Waals surface area contributed by atoms with E-state index in [4.69, 9.17) is 10.5 Å². The van der Waals surface area contributed by atoms with Gasteiger partial charge in [-0.3, -0.25) is 4.57 Å². The lowest BCUT2D eigenvalue weighted by Crippen LogP contribution is -2.42. The minimum atomic E-state index is -0.279. The van der Waals surface area contributed by atoms with Gasteiger partial charge in [0.05, 0.1) is 30.9 Å². The van der Waals surface area contributed by atoms with Crippen molar-refractivity contribution < 1.29 is 4.74 Å². The predicted octanol–water partition coefficient (Wildman–Crippen LogP) is 2.18. The van der Waals surface area contributed by atoms with Crippen molar-refractivity contribution in [2.75, 3.05) is 12.4 Å². The zero-order chi connectivity index (χ0) is 21.4. The number of rotatable bonds is 5. The van der Waals surface area contributed by atoms with Crippen LogP contribution in [0.3, 0.4) is 0 Å². The first-order valence-corrected chi connectivity index (χ1v) is 10.5. The number of anilines is 1. The Kier molecular flexibility index (Phi) is 5.03. The van der Waals surface area contributed by atoms with Crippen molar-refractivity contribution in [1.82, 2.24) is 24.1 Å². The van der Waals surface area contributed by atoms with Gasteiger partial charge in [0.1, 0.15) is 17.7 Å². The fourth-order valence-electron chi connectivity index (χ4n) is 4.30. The normalized spacial score (nSPS) is 19.0. The molecule has 5 rings (SSSR count). The maximum atomic E-state index is 13.1. The van der Waals surface area contributed by atoms with Gasteiger partial charge in [-0.1, -0.05) is 25.0 Å². The Morgan fingerprint density at radius 3 is 2.74 bits per heavy atom. The van der Waals surface area contributed by atoms with E-state index in [2.05, 4.69) is 20.4 Å². The second-order valence-electron chi connectivity index (χ2n) is 8.01. The van der Waals surface area contributed by atoms with Gasteiger partial charge in [0, 0.05) is 12.1 Å². The summed E-state index contributed by atoms with van der Waals surface area (Å²) < 4.78 is 8.17. The van der Waals surface area contributed by atoms with E-state index >= 15 is 0 Å². The average Bonchev–Trinajstić information content (AvgIpc) is 3.29. The van der Waals surface area contributed by atoms with Crippen molar-refractivity contribution in [2.45, 2.75) is 44.3 Å². The molecule has 0 radical (unpaired) electrons. The van der Waals surface area contributed by atoms with Gasteiger partial charge in [0.15, 0.2) is 5.65 Å². The molecule has 9 nitrogen and oxygen atoms in total. The molecular weight excluding hydrogens is 394 g/mol. The Hall–Kier alpha value is -3.46. The van der Waals surface area contributed by atoms with Gasteiger partial charge in [-0.25, -0.2) is 14.8 Å². The lowest BCUT2D eigenvalue weighted by molar-refractivity contribution is 0.404. The summed E-state index contributed by atoms with van der Waals surface area (Å²) in [5, 5.41) is 8.43. The number of hydrogen-bond acceptors (Lipinski definition) is 7. The van der Waals surface area contributed by atoms with Gasteiger partial charge in [-0.05, 0) is 36.6 Å². The maximum absolute atomic E-state index is 13.1. The number of methoxy groups -OCH3 is 1. The second-order valence-corrected chi connectivity index (χ2v) is 8.01. The van der Waals surface area contributed by atoms with Crippen molar-refractivity contribution in [3.63, 3.8) is 0 Å². The Morgan fingerprint density at radius 1 is 1.16 bits per heavy atom. The van der Waals surface area contributed by atoms with E-state index in [-0.39, 0.29) is 17.8 Å². The minimum Gasteiger partial charge on any atom is -0.497 e. The number of hydrogen-bond donors (Lipinski definition) is 2. The van der Waals surface area contributed by atoms with E-state index in [1.54, 1.807) is 17.9 Å². The maximum Gasteiger partial charge on any atom is 0.352 e. The molecule has 1 saturated carbocycles. The quantitative estimate of drug-likeness (QED) is 0.510. The number of nitrogens with one attached hydrogen (secondary N) is 1. The van der Waals surface area contributed by atoms with E-state index < -0.39 is 0 Å². The molecular formula is C22H25N7O2. The van der Waals surface area contributed by atoms with Crippen molar-refractivity contribution in [2.24, 2.45) is 5.73 Å². The molecule has 0 bridgehead atoms. The van der Waals surface area contributed by atoms with Crippen molar-refractivity contribution >= 4 is 22.4 Å². The monoisotopic (exact) mass is 419 g/mol. The first-order valence-electron chi connectivity index (χ1n) is 10.5. The van der Waals surface area contributed by atoms with Crippen LogP contribution in [0.5, 0.6) is 5.75 Å². The fourth-order valence-corrected chi connectivity index (χ4v) is 4.30. The standard InChI is InChI=1S/C22H25N7O2/c1-31-16-8-6-14(7-9-16)12-28-20-17(21-25-13-26-29(21)22(28)30)10-15(11-24-20)27-19-5-3-2-4-18(19)23/h6-11,13,18-19,27H,2-5,12,23H2,1H3. The average molecular weight is 419 g/mol. The molecule has 0 saturated heterocycles. The largest absolute Gasteiger partial charge is 0.497 e.